The Hall–Kier alpha value is -9.89. The van der Waals surface area contributed by atoms with Gasteiger partial charge in [-0.15, -0.1) is 0 Å². The van der Waals surface area contributed by atoms with Crippen LogP contribution in [0.1, 0.15) is 110 Å². The summed E-state index contributed by atoms with van der Waals surface area (Å²) in [7, 11) is 4.10. The van der Waals surface area contributed by atoms with Crippen LogP contribution in [0, 0.1) is 0 Å². The third kappa shape index (κ3) is 14.0. The first-order valence-corrected chi connectivity index (χ1v) is 26.5. The van der Waals surface area contributed by atoms with Gasteiger partial charge >= 0.3 is 30.6 Å². The fourth-order valence-electron chi connectivity index (χ4n) is 9.34. The Balaban J connectivity index is 0.983. The van der Waals surface area contributed by atoms with Gasteiger partial charge in [0.25, 0.3) is 0 Å². The number of hydrogen-bond acceptors (Lipinski definition) is 15. The number of methoxy groups -OCH3 is 3. The Morgan fingerprint density at radius 1 is 0.265 bits per heavy atom. The summed E-state index contributed by atoms with van der Waals surface area (Å²) in [4.78, 5) is 64.2. The number of ether oxygens (including phenoxy) is 10. The Morgan fingerprint density at radius 3 is 0.771 bits per heavy atom. The van der Waals surface area contributed by atoms with E-state index in [1.165, 1.54) is 20.3 Å². The molecule has 0 unspecified atom stereocenters. The van der Waals surface area contributed by atoms with Gasteiger partial charge in [0.05, 0.1) is 21.3 Å². The molecule has 426 valence electrons. The third-order valence-electron chi connectivity index (χ3n) is 14.9. The lowest BCUT2D eigenvalue weighted by Gasteiger charge is -2.27. The van der Waals surface area contributed by atoms with Crippen LogP contribution in [0.2, 0.25) is 0 Å². The van der Waals surface area contributed by atoms with Crippen molar-refractivity contribution in [2.45, 2.75) is 77.0 Å². The highest BCUT2D eigenvalue weighted by molar-refractivity contribution is 5.95. The molecule has 0 heterocycles. The molecule has 0 fully saturated rings. The number of carbonyl (C=O) groups excluding carboxylic acids is 5. The molecule has 8 rings (SSSR count). The lowest BCUT2D eigenvalue weighted by molar-refractivity contribution is 0.0730. The van der Waals surface area contributed by atoms with Gasteiger partial charge in [0, 0.05) is 21.7 Å². The van der Waals surface area contributed by atoms with Crippen LogP contribution in [-0.4, -0.2) is 51.9 Å². The zero-order valence-electron chi connectivity index (χ0n) is 48.0. The number of carbonyl (C=O) groups is 5. The second-order valence-electron chi connectivity index (χ2n) is 21.5. The summed E-state index contributed by atoms with van der Waals surface area (Å²) in [5, 5.41) is 0. The van der Waals surface area contributed by atoms with Crippen molar-refractivity contribution in [3.8, 4) is 46.0 Å². The quantitative estimate of drug-likeness (QED) is 0.0477. The lowest BCUT2D eigenvalue weighted by Crippen LogP contribution is -2.22. The average molecular weight is 1120 g/mol. The van der Waals surface area contributed by atoms with Crippen molar-refractivity contribution in [2.75, 3.05) is 21.3 Å². The molecule has 0 amide bonds. The van der Waals surface area contributed by atoms with Crippen molar-refractivity contribution in [1.82, 2.24) is 0 Å². The van der Waals surface area contributed by atoms with E-state index in [1.807, 2.05) is 126 Å². The second-order valence-corrected chi connectivity index (χ2v) is 21.5. The summed E-state index contributed by atoms with van der Waals surface area (Å²) in [6, 6.07) is 55.0. The van der Waals surface area contributed by atoms with Crippen LogP contribution in [0.25, 0.3) is 0 Å². The Labute approximate surface area is 482 Å². The minimum atomic E-state index is -1.10. The summed E-state index contributed by atoms with van der Waals surface area (Å²) in [6.45, 7) is 16.2. The average Bonchev–Trinajstić information content (AvgIpc) is 3.60. The molecule has 15 heteroatoms. The molecule has 0 aliphatic heterocycles. The summed E-state index contributed by atoms with van der Waals surface area (Å²) in [5.41, 5.74) is 5.02. The van der Waals surface area contributed by atoms with E-state index in [9.17, 15) is 24.0 Å². The second kappa shape index (κ2) is 24.9. The van der Waals surface area contributed by atoms with Crippen LogP contribution in [0.4, 0.5) is 19.2 Å². The van der Waals surface area contributed by atoms with E-state index in [4.69, 9.17) is 37.9 Å². The van der Waals surface area contributed by atoms with Crippen molar-refractivity contribution >= 4 is 30.6 Å². The molecule has 0 aliphatic rings. The van der Waals surface area contributed by atoms with Gasteiger partial charge in [-0.1, -0.05) is 146 Å². The number of hydrogen-bond donors (Lipinski definition) is 0. The van der Waals surface area contributed by atoms with E-state index < -0.39 is 46.8 Å². The van der Waals surface area contributed by atoms with Crippen LogP contribution in [0.5, 0.6) is 46.0 Å². The number of benzene rings is 8. The minimum Gasteiger partial charge on any atom is -0.497 e. The normalized spacial score (nSPS) is 11.6. The van der Waals surface area contributed by atoms with Crippen LogP contribution < -0.4 is 37.9 Å². The van der Waals surface area contributed by atoms with Crippen LogP contribution in [-0.2, 0) is 31.1 Å². The van der Waals surface area contributed by atoms with Gasteiger partial charge in [0.2, 0.25) is 0 Å². The molecule has 0 radical (unpaired) electrons. The molecular weight excluding hydrogens is 1060 g/mol. The molecule has 0 aromatic heterocycles. The standard InChI is InChI=1S/C68H64O15/c1-65(2,43-12-27-51(74-9)28-13-43)47-20-35-55(36-21-47)80-63(72)81-56-39-24-49(25-40-56)68(7,8)50-26-41-59(83-64(73)82-57-37-22-48(23-38-57)67(5,6)46-18-33-54(34-19-46)79-62(71)76-11)58(42-50)60(69)77-52-29-14-44(15-30-52)66(3,4)45-16-31-53(32-17-45)78-61(70)75-10/h12-42H,1-11H3. The summed E-state index contributed by atoms with van der Waals surface area (Å²) in [6.07, 6.45) is -3.65. The van der Waals surface area contributed by atoms with E-state index in [1.54, 1.807) is 104 Å². The lowest BCUT2D eigenvalue weighted by atomic mass is 9.77. The largest absolute Gasteiger partial charge is 0.519 e. The zero-order valence-corrected chi connectivity index (χ0v) is 48.0. The highest BCUT2D eigenvalue weighted by Crippen LogP contribution is 2.39. The maximum atomic E-state index is 14.4. The molecule has 0 bridgehead atoms. The smallest absolute Gasteiger partial charge is 0.497 e. The van der Waals surface area contributed by atoms with E-state index in [0.717, 1.165) is 44.7 Å². The van der Waals surface area contributed by atoms with E-state index in [2.05, 4.69) is 23.3 Å². The first-order valence-electron chi connectivity index (χ1n) is 26.5. The number of esters is 1. The molecule has 83 heavy (non-hydrogen) atoms. The maximum absolute atomic E-state index is 14.4. The van der Waals surface area contributed by atoms with E-state index in [-0.39, 0.29) is 34.0 Å². The molecule has 15 nitrogen and oxygen atoms in total. The molecule has 0 atom stereocenters. The van der Waals surface area contributed by atoms with Crippen LogP contribution >= 0.6 is 0 Å². The summed E-state index contributed by atoms with van der Waals surface area (Å²) < 4.78 is 53.3. The van der Waals surface area contributed by atoms with Gasteiger partial charge in [-0.3, -0.25) is 0 Å². The molecule has 0 saturated carbocycles. The molecular formula is C68H64O15. The topological polar surface area (TPSA) is 178 Å². The van der Waals surface area contributed by atoms with Gasteiger partial charge in [-0.2, -0.15) is 0 Å². The monoisotopic (exact) mass is 1120 g/mol. The summed E-state index contributed by atoms with van der Waals surface area (Å²) in [5.74, 6) is 1.48. The van der Waals surface area contributed by atoms with Crippen LogP contribution in [0.15, 0.2) is 188 Å². The summed E-state index contributed by atoms with van der Waals surface area (Å²) >= 11 is 0. The Morgan fingerprint density at radius 2 is 0.494 bits per heavy atom. The first kappa shape index (κ1) is 59.2. The highest BCUT2D eigenvalue weighted by atomic mass is 16.7. The van der Waals surface area contributed by atoms with E-state index >= 15 is 0 Å². The van der Waals surface area contributed by atoms with Gasteiger partial charge in [-0.05, 0) is 142 Å². The predicted octanol–water partition coefficient (Wildman–Crippen LogP) is 15.7. The van der Waals surface area contributed by atoms with Crippen molar-refractivity contribution in [3.63, 3.8) is 0 Å². The Kier molecular flexibility index (Phi) is 17.7. The third-order valence-corrected chi connectivity index (χ3v) is 14.9. The predicted molar refractivity (Wildman–Crippen MR) is 311 cm³/mol. The van der Waals surface area contributed by atoms with Crippen LogP contribution in [0.3, 0.4) is 0 Å². The molecule has 0 saturated heterocycles. The van der Waals surface area contributed by atoms with Gasteiger partial charge in [-0.25, -0.2) is 24.0 Å². The zero-order chi connectivity index (χ0) is 59.7. The van der Waals surface area contributed by atoms with Crippen molar-refractivity contribution in [2.24, 2.45) is 0 Å². The number of rotatable bonds is 17. The van der Waals surface area contributed by atoms with E-state index in [0.29, 0.717) is 22.8 Å². The first-order chi connectivity index (χ1) is 39.5. The molecule has 0 spiro atoms. The van der Waals surface area contributed by atoms with Crippen molar-refractivity contribution in [3.05, 3.63) is 238 Å². The molecule has 0 N–H and O–H groups in total. The van der Waals surface area contributed by atoms with Gasteiger partial charge in [0.15, 0.2) is 0 Å². The van der Waals surface area contributed by atoms with Crippen molar-refractivity contribution < 1.29 is 71.3 Å². The minimum absolute atomic E-state index is 0.0636. The fraction of sp³-hybridized carbons (Fsp3) is 0.221. The fourth-order valence-corrected chi connectivity index (χ4v) is 9.34. The van der Waals surface area contributed by atoms with Crippen molar-refractivity contribution in [1.29, 1.82) is 0 Å². The highest BCUT2D eigenvalue weighted by Gasteiger charge is 2.30. The van der Waals surface area contributed by atoms with Gasteiger partial charge in [0.1, 0.15) is 51.6 Å². The molecule has 8 aromatic rings. The molecule has 8 aromatic carbocycles. The van der Waals surface area contributed by atoms with Gasteiger partial charge < -0.3 is 47.4 Å². The SMILES string of the molecule is COC(=O)Oc1ccc(C(C)(C)c2ccc(OC(=O)Oc3ccc(C(C)(C)c4ccc(OC(=O)Oc5ccc(C(C)(C)c6ccc(OC)cc6)cc5)cc4)cc3C(=O)Oc3ccc(C(C)(C)c4ccc(OC(=O)OC)cc4)cc3)cc2)cc1. The molecule has 0 aliphatic carbocycles. The Bertz CT molecular complexity index is 3580. The maximum Gasteiger partial charge on any atom is 0.519 e.